The first kappa shape index (κ1) is 19.1. The molecule has 2 aromatic rings. The third kappa shape index (κ3) is 2.80. The summed E-state index contributed by atoms with van der Waals surface area (Å²) in [4.78, 5) is 30.1. The molecular formula is C23H25N3O4. The van der Waals surface area contributed by atoms with Gasteiger partial charge in [0.25, 0.3) is 0 Å². The molecule has 7 heteroatoms. The highest BCUT2D eigenvalue weighted by Crippen LogP contribution is 2.53. The Morgan fingerprint density at radius 2 is 2.07 bits per heavy atom. The van der Waals surface area contributed by atoms with Crippen LogP contribution in [-0.2, 0) is 20.9 Å². The van der Waals surface area contributed by atoms with E-state index < -0.39 is 17.4 Å². The van der Waals surface area contributed by atoms with Crippen LogP contribution >= 0.6 is 0 Å². The number of carbonyl (C=O) groups excluding carboxylic acids is 2. The number of hydrogen-bond acceptors (Lipinski definition) is 5. The van der Waals surface area contributed by atoms with E-state index in [9.17, 15) is 9.59 Å². The Kier molecular flexibility index (Phi) is 4.32. The van der Waals surface area contributed by atoms with Crippen LogP contribution in [0.1, 0.15) is 31.1 Å². The van der Waals surface area contributed by atoms with Crippen molar-refractivity contribution in [3.05, 3.63) is 60.0 Å². The van der Waals surface area contributed by atoms with Crippen LogP contribution in [0.4, 0.5) is 5.69 Å². The molecule has 1 aromatic carbocycles. The van der Waals surface area contributed by atoms with Gasteiger partial charge in [-0.15, -0.1) is 0 Å². The van der Waals surface area contributed by atoms with Crippen molar-refractivity contribution in [3.63, 3.8) is 0 Å². The van der Waals surface area contributed by atoms with Gasteiger partial charge in [-0.2, -0.15) is 0 Å². The lowest BCUT2D eigenvalue weighted by molar-refractivity contribution is -0.139. The minimum Gasteiger partial charge on any atom is -0.360 e. The zero-order valence-electron chi connectivity index (χ0n) is 17.3. The summed E-state index contributed by atoms with van der Waals surface area (Å²) in [6.07, 6.45) is 5.09. The van der Waals surface area contributed by atoms with Gasteiger partial charge in [0, 0.05) is 18.8 Å². The number of anilines is 1. The lowest BCUT2D eigenvalue weighted by Crippen LogP contribution is -2.44. The molecule has 0 saturated carbocycles. The summed E-state index contributed by atoms with van der Waals surface area (Å²) in [5.74, 6) is -0.180. The molecule has 2 fully saturated rings. The van der Waals surface area contributed by atoms with E-state index in [-0.39, 0.29) is 17.9 Å². The fourth-order valence-electron chi connectivity index (χ4n) is 4.93. The van der Waals surface area contributed by atoms with E-state index in [1.807, 2.05) is 24.3 Å². The van der Waals surface area contributed by atoms with Crippen molar-refractivity contribution in [2.45, 2.75) is 38.0 Å². The first-order valence-corrected chi connectivity index (χ1v) is 10.3. The SMILES string of the molecule is CC(C)c1ccc(N2C[C@]34C=C[C@H](O3)C(C(=O)N(C)Cc3ccno3)C4C2=O)cc1. The van der Waals surface area contributed by atoms with E-state index in [1.165, 1.54) is 5.56 Å². The molecule has 7 nitrogen and oxygen atoms in total. The Bertz CT molecular complexity index is 998. The van der Waals surface area contributed by atoms with Gasteiger partial charge < -0.3 is 19.1 Å². The highest BCUT2D eigenvalue weighted by atomic mass is 16.5. The fourth-order valence-corrected chi connectivity index (χ4v) is 4.93. The van der Waals surface area contributed by atoms with Crippen molar-refractivity contribution in [1.82, 2.24) is 10.1 Å². The summed E-state index contributed by atoms with van der Waals surface area (Å²) in [5, 5.41) is 3.69. The molecule has 30 heavy (non-hydrogen) atoms. The van der Waals surface area contributed by atoms with Crippen LogP contribution in [0.2, 0.25) is 0 Å². The van der Waals surface area contributed by atoms with E-state index >= 15 is 0 Å². The normalized spacial score (nSPS) is 29.1. The molecule has 1 spiro atoms. The number of ether oxygens (including phenoxy) is 1. The maximum Gasteiger partial charge on any atom is 0.234 e. The van der Waals surface area contributed by atoms with Gasteiger partial charge in [0.15, 0.2) is 5.76 Å². The Morgan fingerprint density at radius 1 is 1.30 bits per heavy atom. The molecule has 3 aliphatic heterocycles. The molecule has 2 unspecified atom stereocenters. The van der Waals surface area contributed by atoms with Crippen molar-refractivity contribution in [3.8, 4) is 0 Å². The number of rotatable bonds is 5. The molecular weight excluding hydrogens is 382 g/mol. The third-order valence-electron chi connectivity index (χ3n) is 6.52. The average Bonchev–Trinajstić information content (AvgIpc) is 3.50. The van der Waals surface area contributed by atoms with Crippen LogP contribution < -0.4 is 4.90 Å². The summed E-state index contributed by atoms with van der Waals surface area (Å²) in [6.45, 7) is 5.02. The topological polar surface area (TPSA) is 75.9 Å². The zero-order chi connectivity index (χ0) is 21.0. The zero-order valence-corrected chi connectivity index (χ0v) is 17.3. The van der Waals surface area contributed by atoms with Crippen molar-refractivity contribution >= 4 is 17.5 Å². The number of hydrogen-bond donors (Lipinski definition) is 0. The van der Waals surface area contributed by atoms with Crippen LogP contribution in [0.3, 0.4) is 0 Å². The fraction of sp³-hybridized carbons (Fsp3) is 0.435. The van der Waals surface area contributed by atoms with Crippen molar-refractivity contribution in [1.29, 1.82) is 0 Å². The Labute approximate surface area is 175 Å². The number of carbonyl (C=O) groups is 2. The molecule has 2 bridgehead atoms. The third-order valence-corrected chi connectivity index (χ3v) is 6.52. The second-order valence-corrected chi connectivity index (χ2v) is 8.74. The Morgan fingerprint density at radius 3 is 2.73 bits per heavy atom. The lowest BCUT2D eigenvalue weighted by atomic mass is 9.76. The predicted octanol–water partition coefficient (Wildman–Crippen LogP) is 2.74. The van der Waals surface area contributed by atoms with Gasteiger partial charge in [0.2, 0.25) is 11.8 Å². The monoisotopic (exact) mass is 407 g/mol. The minimum atomic E-state index is -0.730. The number of nitrogens with zero attached hydrogens (tertiary/aromatic N) is 3. The molecule has 4 atom stereocenters. The highest BCUT2D eigenvalue weighted by molar-refractivity contribution is 6.03. The van der Waals surface area contributed by atoms with Crippen LogP contribution in [0.25, 0.3) is 0 Å². The van der Waals surface area contributed by atoms with Crippen LogP contribution in [0.15, 0.2) is 53.2 Å². The van der Waals surface area contributed by atoms with E-state index in [1.54, 1.807) is 29.1 Å². The molecule has 1 aromatic heterocycles. The number of fused-ring (bicyclic) bond motifs is 1. The smallest absolute Gasteiger partial charge is 0.234 e. The van der Waals surface area contributed by atoms with Gasteiger partial charge in [-0.1, -0.05) is 43.3 Å². The largest absolute Gasteiger partial charge is 0.360 e. The Balaban J connectivity index is 1.40. The van der Waals surface area contributed by atoms with Gasteiger partial charge in [0.1, 0.15) is 5.60 Å². The van der Waals surface area contributed by atoms with Crippen LogP contribution in [-0.4, -0.2) is 47.2 Å². The molecule has 156 valence electrons. The first-order valence-electron chi connectivity index (χ1n) is 10.3. The minimum absolute atomic E-state index is 0.0504. The Hall–Kier alpha value is -2.93. The standard InChI is InChI=1S/C23H25N3O4/c1-14(2)15-4-6-16(7-5-15)26-13-23-10-8-18(29-23)19(20(23)22(26)28)21(27)25(3)12-17-9-11-24-30-17/h4-11,14,18-20H,12-13H2,1-3H3/t18-,19?,20?,23-/m0/s1. The summed E-state index contributed by atoms with van der Waals surface area (Å²) >= 11 is 0. The summed E-state index contributed by atoms with van der Waals surface area (Å²) in [6, 6.07) is 9.80. The predicted molar refractivity (Wildman–Crippen MR) is 110 cm³/mol. The summed E-state index contributed by atoms with van der Waals surface area (Å²) < 4.78 is 11.4. The quantitative estimate of drug-likeness (QED) is 0.713. The van der Waals surface area contributed by atoms with E-state index in [0.717, 1.165) is 5.69 Å². The average molecular weight is 407 g/mol. The maximum atomic E-state index is 13.5. The maximum absolute atomic E-state index is 13.5. The molecule has 0 N–H and O–H groups in total. The van der Waals surface area contributed by atoms with Gasteiger partial charge >= 0.3 is 0 Å². The molecule has 2 amide bonds. The second-order valence-electron chi connectivity index (χ2n) is 8.74. The van der Waals surface area contributed by atoms with E-state index in [2.05, 4.69) is 31.1 Å². The number of aromatic nitrogens is 1. The number of benzene rings is 1. The van der Waals surface area contributed by atoms with E-state index in [4.69, 9.17) is 9.26 Å². The van der Waals surface area contributed by atoms with E-state index in [0.29, 0.717) is 24.8 Å². The highest BCUT2D eigenvalue weighted by Gasteiger charge is 2.67. The summed E-state index contributed by atoms with van der Waals surface area (Å²) in [5.41, 5.74) is 1.34. The molecule has 0 aliphatic carbocycles. The first-order chi connectivity index (χ1) is 14.4. The van der Waals surface area contributed by atoms with Gasteiger partial charge in [-0.25, -0.2) is 0 Å². The molecule has 0 radical (unpaired) electrons. The van der Waals surface area contributed by atoms with Crippen molar-refractivity contribution in [2.75, 3.05) is 18.5 Å². The molecule has 5 rings (SSSR count). The summed E-state index contributed by atoms with van der Waals surface area (Å²) in [7, 11) is 1.72. The molecule has 2 saturated heterocycles. The second kappa shape index (κ2) is 6.80. The van der Waals surface area contributed by atoms with Gasteiger partial charge in [0.05, 0.1) is 37.2 Å². The van der Waals surface area contributed by atoms with Gasteiger partial charge in [-0.3, -0.25) is 9.59 Å². The molecule has 3 aliphatic rings. The van der Waals surface area contributed by atoms with Crippen molar-refractivity contribution in [2.24, 2.45) is 11.8 Å². The van der Waals surface area contributed by atoms with Crippen LogP contribution in [0.5, 0.6) is 0 Å². The molecule has 4 heterocycles. The number of amides is 2. The van der Waals surface area contributed by atoms with Gasteiger partial charge in [-0.05, 0) is 23.6 Å². The van der Waals surface area contributed by atoms with Crippen LogP contribution in [0, 0.1) is 11.8 Å². The lowest BCUT2D eigenvalue weighted by Gasteiger charge is -2.27. The van der Waals surface area contributed by atoms with Crippen molar-refractivity contribution < 1.29 is 18.8 Å².